The van der Waals surface area contributed by atoms with Crippen molar-refractivity contribution in [2.45, 2.75) is 44.3 Å². The number of aromatic nitrogens is 2. The predicted molar refractivity (Wildman–Crippen MR) is 76.9 cm³/mol. The number of nitrogens with zero attached hydrogens (tertiary/aromatic N) is 2. The molecule has 1 atom stereocenters. The second kappa shape index (κ2) is 4.99. The average Bonchev–Trinajstić information content (AvgIpc) is 3.19. The van der Waals surface area contributed by atoms with Gasteiger partial charge >= 0.3 is 0 Å². The zero-order chi connectivity index (χ0) is 15.2. The second-order valence-corrected chi connectivity index (χ2v) is 6.54. The Hall–Kier alpha value is -1.60. The van der Waals surface area contributed by atoms with Gasteiger partial charge in [0.2, 0.25) is 0 Å². The molecule has 1 aliphatic carbocycles. The minimum atomic E-state index is -0.494. The van der Waals surface area contributed by atoms with E-state index in [-0.39, 0.29) is 24.3 Å². The summed E-state index contributed by atoms with van der Waals surface area (Å²) in [6.07, 6.45) is 1.81. The van der Waals surface area contributed by atoms with E-state index in [9.17, 15) is 9.90 Å². The molecule has 7 heteroatoms. The summed E-state index contributed by atoms with van der Waals surface area (Å²) in [7, 11) is 0. The minimum absolute atomic E-state index is 0.115. The monoisotopic (exact) mass is 294 g/mol. The number of nitrogens with two attached hydrogens (primary N) is 1. The van der Waals surface area contributed by atoms with Gasteiger partial charge in [0.15, 0.2) is 5.69 Å². The summed E-state index contributed by atoms with van der Waals surface area (Å²) >= 11 is 0. The number of aliphatic hydroxyl groups is 1. The number of hydrogen-bond donors (Lipinski definition) is 3. The lowest BCUT2D eigenvalue weighted by Gasteiger charge is -2.42. The third kappa shape index (κ3) is 2.75. The molecule has 7 nitrogen and oxygen atoms in total. The van der Waals surface area contributed by atoms with Gasteiger partial charge < -0.3 is 20.5 Å². The van der Waals surface area contributed by atoms with Crippen LogP contribution in [0.25, 0.3) is 0 Å². The summed E-state index contributed by atoms with van der Waals surface area (Å²) in [6, 6.07) is 0. The van der Waals surface area contributed by atoms with Gasteiger partial charge in [-0.25, -0.2) is 0 Å². The highest BCUT2D eigenvalue weighted by atomic mass is 16.5. The van der Waals surface area contributed by atoms with Crippen molar-refractivity contribution in [1.82, 2.24) is 15.1 Å². The summed E-state index contributed by atoms with van der Waals surface area (Å²) in [4.78, 5) is 14.3. The van der Waals surface area contributed by atoms with Crippen LogP contribution in [0.15, 0.2) is 0 Å². The maximum absolute atomic E-state index is 12.7. The Balaban J connectivity index is 1.80. The Bertz CT molecular complexity index is 550. The fraction of sp³-hybridized carbons (Fsp3) is 0.714. The summed E-state index contributed by atoms with van der Waals surface area (Å²) in [6.45, 7) is 4.49. The number of aliphatic hydroxyl groups excluding tert-OH is 1. The van der Waals surface area contributed by atoms with Gasteiger partial charge in [0, 0.05) is 19.0 Å². The van der Waals surface area contributed by atoms with Crippen molar-refractivity contribution >= 4 is 11.6 Å². The Labute approximate surface area is 123 Å². The van der Waals surface area contributed by atoms with Gasteiger partial charge in [-0.15, -0.1) is 0 Å². The molecule has 3 rings (SSSR count). The number of H-pyrrole nitrogens is 1. The molecule has 0 radical (unpaired) electrons. The Morgan fingerprint density at radius 2 is 2.29 bits per heavy atom. The molecule has 0 spiro atoms. The van der Waals surface area contributed by atoms with Gasteiger partial charge in [0.05, 0.1) is 29.7 Å². The lowest BCUT2D eigenvalue weighted by Crippen LogP contribution is -2.55. The van der Waals surface area contributed by atoms with Crippen LogP contribution in [0.2, 0.25) is 0 Å². The van der Waals surface area contributed by atoms with Gasteiger partial charge in [-0.05, 0) is 26.7 Å². The molecule has 1 saturated carbocycles. The number of nitrogen functional groups attached to an aromatic ring is 1. The van der Waals surface area contributed by atoms with Gasteiger partial charge in [-0.2, -0.15) is 5.10 Å². The number of morpholine rings is 1. The lowest BCUT2D eigenvalue weighted by atomic mass is 10.0. The second-order valence-electron chi connectivity index (χ2n) is 6.54. The number of carbonyl (C=O) groups excluding carboxylic acids is 1. The molecule has 1 aromatic rings. The first-order valence-corrected chi connectivity index (χ1v) is 7.33. The highest BCUT2D eigenvalue weighted by Gasteiger charge is 2.38. The molecule has 2 heterocycles. The van der Waals surface area contributed by atoms with Crippen molar-refractivity contribution in [3.8, 4) is 0 Å². The summed E-state index contributed by atoms with van der Waals surface area (Å²) < 4.78 is 5.72. The summed E-state index contributed by atoms with van der Waals surface area (Å²) in [5.74, 6) is 0.218. The molecule has 1 saturated heterocycles. The largest absolute Gasteiger partial charge is 0.395 e. The van der Waals surface area contributed by atoms with Gasteiger partial charge in [-0.3, -0.25) is 9.89 Å². The highest BCUT2D eigenvalue weighted by molar-refractivity contribution is 5.97. The molecule has 2 aliphatic rings. The van der Waals surface area contributed by atoms with Crippen molar-refractivity contribution in [3.05, 3.63) is 11.4 Å². The van der Waals surface area contributed by atoms with Crippen molar-refractivity contribution in [2.24, 2.45) is 0 Å². The Morgan fingerprint density at radius 3 is 2.90 bits per heavy atom. The predicted octanol–water partition coefficient (Wildman–Crippen LogP) is 0.481. The van der Waals surface area contributed by atoms with E-state index >= 15 is 0 Å². The quantitative estimate of drug-likeness (QED) is 0.752. The van der Waals surface area contributed by atoms with Crippen LogP contribution in [0.5, 0.6) is 0 Å². The van der Waals surface area contributed by atoms with Crippen LogP contribution in [0.3, 0.4) is 0 Å². The third-order valence-electron chi connectivity index (χ3n) is 3.99. The van der Waals surface area contributed by atoms with E-state index in [4.69, 9.17) is 10.5 Å². The normalized spacial score (nSPS) is 25.1. The number of nitrogens with one attached hydrogen (secondary N) is 1. The molecule has 116 valence electrons. The first-order valence-electron chi connectivity index (χ1n) is 7.33. The average molecular weight is 294 g/mol. The molecule has 4 N–H and O–H groups in total. The molecule has 0 bridgehead atoms. The standard InChI is InChI=1S/C14H22N4O3/c1-14(2)7-18(5-9(6-19)21-14)13(20)12-10(15)11(16-17-12)8-3-4-8/h8-9,19H,3-7,15H2,1-2H3,(H,16,17). The van der Waals surface area contributed by atoms with E-state index in [1.165, 1.54) is 0 Å². The topological polar surface area (TPSA) is 104 Å². The number of anilines is 1. The zero-order valence-corrected chi connectivity index (χ0v) is 12.4. The molecule has 21 heavy (non-hydrogen) atoms. The van der Waals surface area contributed by atoms with E-state index in [0.717, 1.165) is 18.5 Å². The SMILES string of the molecule is CC1(C)CN(C(=O)c2n[nH]c(C3CC3)c2N)CC(CO)O1. The van der Waals surface area contributed by atoms with E-state index in [0.29, 0.717) is 24.7 Å². The summed E-state index contributed by atoms with van der Waals surface area (Å²) in [5, 5.41) is 16.3. The zero-order valence-electron chi connectivity index (χ0n) is 12.4. The van der Waals surface area contributed by atoms with Crippen LogP contribution < -0.4 is 5.73 Å². The van der Waals surface area contributed by atoms with Gasteiger partial charge in [0.25, 0.3) is 5.91 Å². The molecule has 2 fully saturated rings. The minimum Gasteiger partial charge on any atom is -0.395 e. The molecule has 1 unspecified atom stereocenters. The molecule has 1 aromatic heterocycles. The van der Waals surface area contributed by atoms with Crippen molar-refractivity contribution < 1.29 is 14.6 Å². The number of amides is 1. The molecular weight excluding hydrogens is 272 g/mol. The third-order valence-corrected chi connectivity index (χ3v) is 3.99. The first kappa shape index (κ1) is 14.3. The summed E-state index contributed by atoms with van der Waals surface area (Å²) in [5.41, 5.74) is 7.20. The number of aromatic amines is 1. The Morgan fingerprint density at radius 1 is 1.57 bits per heavy atom. The fourth-order valence-corrected chi connectivity index (χ4v) is 2.91. The van der Waals surface area contributed by atoms with Crippen LogP contribution in [0.4, 0.5) is 5.69 Å². The van der Waals surface area contributed by atoms with E-state index < -0.39 is 5.60 Å². The van der Waals surface area contributed by atoms with E-state index in [1.54, 1.807) is 4.90 Å². The number of carbonyl (C=O) groups is 1. The van der Waals surface area contributed by atoms with Crippen LogP contribution in [-0.2, 0) is 4.74 Å². The van der Waals surface area contributed by atoms with Crippen molar-refractivity contribution in [2.75, 3.05) is 25.4 Å². The fourth-order valence-electron chi connectivity index (χ4n) is 2.91. The molecular formula is C14H22N4O3. The number of rotatable bonds is 3. The lowest BCUT2D eigenvalue weighted by molar-refractivity contribution is -0.139. The van der Waals surface area contributed by atoms with Crippen molar-refractivity contribution in [3.63, 3.8) is 0 Å². The smallest absolute Gasteiger partial charge is 0.276 e. The maximum atomic E-state index is 12.7. The van der Waals surface area contributed by atoms with E-state index in [2.05, 4.69) is 10.2 Å². The maximum Gasteiger partial charge on any atom is 0.276 e. The van der Waals surface area contributed by atoms with Crippen LogP contribution >= 0.6 is 0 Å². The highest BCUT2D eigenvalue weighted by Crippen LogP contribution is 2.42. The van der Waals surface area contributed by atoms with Gasteiger partial charge in [-0.1, -0.05) is 0 Å². The van der Waals surface area contributed by atoms with Crippen LogP contribution in [-0.4, -0.2) is 57.5 Å². The molecule has 0 aromatic carbocycles. The molecule has 1 aliphatic heterocycles. The first-order chi connectivity index (χ1) is 9.91. The van der Waals surface area contributed by atoms with Crippen LogP contribution in [0.1, 0.15) is 48.8 Å². The van der Waals surface area contributed by atoms with E-state index in [1.807, 2.05) is 13.8 Å². The van der Waals surface area contributed by atoms with Crippen molar-refractivity contribution in [1.29, 1.82) is 0 Å². The van der Waals surface area contributed by atoms with Gasteiger partial charge in [0.1, 0.15) is 0 Å². The molecule has 1 amide bonds. The number of ether oxygens (including phenoxy) is 1. The number of hydrogen-bond acceptors (Lipinski definition) is 5. The Kier molecular flexibility index (Phi) is 3.41. The van der Waals surface area contributed by atoms with Crippen LogP contribution in [0, 0.1) is 0 Å².